The van der Waals surface area contributed by atoms with Crippen LogP contribution in [-0.4, -0.2) is 23.6 Å². The fourth-order valence-corrected chi connectivity index (χ4v) is 1.10. The second-order valence-corrected chi connectivity index (χ2v) is 3.78. The molecule has 0 radical (unpaired) electrons. The molecule has 0 N–H and O–H groups in total. The van der Waals surface area contributed by atoms with Crippen molar-refractivity contribution in [2.75, 3.05) is 18.5 Å². The first-order valence-electron chi connectivity index (χ1n) is 3.79. The highest BCUT2D eigenvalue weighted by Gasteiger charge is 2.01. The molecule has 1 heterocycles. The first-order valence-corrected chi connectivity index (χ1v) is 4.87. The lowest BCUT2D eigenvalue weighted by Gasteiger charge is -2.14. The minimum Gasteiger partial charge on any atom is -0.343 e. The van der Waals surface area contributed by atoms with Gasteiger partial charge in [0.25, 0.3) is 0 Å². The van der Waals surface area contributed by atoms with E-state index in [0.717, 1.165) is 3.57 Å². The van der Waals surface area contributed by atoms with E-state index in [2.05, 4.69) is 38.6 Å². The smallest absolute Gasteiger partial charge is 0.225 e. The standard InChI is InChI=1S/C8H9IN4/c1-13(4-2-3-10)8-11-5-7(9)6-12-8/h5-6H,2,4H2,1H3. The molecule has 0 atom stereocenters. The van der Waals surface area contributed by atoms with Gasteiger partial charge in [-0.05, 0) is 22.6 Å². The van der Waals surface area contributed by atoms with Gasteiger partial charge in [-0.3, -0.25) is 0 Å². The zero-order chi connectivity index (χ0) is 9.68. The van der Waals surface area contributed by atoms with Crippen LogP contribution in [0.3, 0.4) is 0 Å². The molecule has 1 aromatic rings. The normalized spacial score (nSPS) is 9.31. The highest BCUT2D eigenvalue weighted by molar-refractivity contribution is 14.1. The molecule has 0 amide bonds. The first-order chi connectivity index (χ1) is 6.24. The summed E-state index contributed by atoms with van der Waals surface area (Å²) in [6.45, 7) is 0.664. The van der Waals surface area contributed by atoms with Gasteiger partial charge in [-0.15, -0.1) is 0 Å². The molecule has 0 aromatic carbocycles. The molecule has 0 unspecified atom stereocenters. The van der Waals surface area contributed by atoms with Gasteiger partial charge in [0.1, 0.15) is 0 Å². The second kappa shape index (κ2) is 4.97. The molecule has 0 spiro atoms. The lowest BCUT2D eigenvalue weighted by molar-refractivity contribution is 0.857. The Balaban J connectivity index is 2.62. The maximum Gasteiger partial charge on any atom is 0.225 e. The SMILES string of the molecule is CN(CCC#N)c1ncc(I)cn1. The Morgan fingerprint density at radius 3 is 2.69 bits per heavy atom. The van der Waals surface area contributed by atoms with Crippen molar-refractivity contribution >= 4 is 28.5 Å². The van der Waals surface area contributed by atoms with Crippen molar-refractivity contribution in [2.45, 2.75) is 6.42 Å². The molecular weight excluding hydrogens is 279 g/mol. The van der Waals surface area contributed by atoms with Crippen molar-refractivity contribution < 1.29 is 0 Å². The molecule has 13 heavy (non-hydrogen) atoms. The number of nitriles is 1. The van der Waals surface area contributed by atoms with Crippen LogP contribution >= 0.6 is 22.6 Å². The average molecular weight is 288 g/mol. The van der Waals surface area contributed by atoms with Crippen LogP contribution < -0.4 is 4.90 Å². The highest BCUT2D eigenvalue weighted by atomic mass is 127. The van der Waals surface area contributed by atoms with Gasteiger partial charge in [0, 0.05) is 29.6 Å². The third-order valence-corrected chi connectivity index (χ3v) is 2.06. The van der Waals surface area contributed by atoms with Crippen LogP contribution in [0.25, 0.3) is 0 Å². The minimum atomic E-state index is 0.492. The van der Waals surface area contributed by atoms with Crippen molar-refractivity contribution in [1.82, 2.24) is 9.97 Å². The van der Waals surface area contributed by atoms with E-state index in [4.69, 9.17) is 5.26 Å². The summed E-state index contributed by atoms with van der Waals surface area (Å²) in [5.41, 5.74) is 0. The Kier molecular flexibility index (Phi) is 3.89. The quantitative estimate of drug-likeness (QED) is 0.790. The maximum absolute atomic E-state index is 8.39. The van der Waals surface area contributed by atoms with Crippen LogP contribution in [0.1, 0.15) is 6.42 Å². The summed E-state index contributed by atoms with van der Waals surface area (Å²) in [5.74, 6) is 0.663. The number of hydrogen-bond acceptors (Lipinski definition) is 4. The predicted molar refractivity (Wildman–Crippen MR) is 58.2 cm³/mol. The molecule has 68 valence electrons. The largest absolute Gasteiger partial charge is 0.343 e. The predicted octanol–water partition coefficient (Wildman–Crippen LogP) is 1.43. The number of rotatable bonds is 3. The second-order valence-electron chi connectivity index (χ2n) is 2.53. The van der Waals surface area contributed by atoms with Gasteiger partial charge < -0.3 is 4.90 Å². The van der Waals surface area contributed by atoms with Crippen LogP contribution in [0.2, 0.25) is 0 Å². The zero-order valence-electron chi connectivity index (χ0n) is 7.24. The molecule has 0 aliphatic heterocycles. The number of aromatic nitrogens is 2. The monoisotopic (exact) mass is 288 g/mol. The van der Waals surface area contributed by atoms with Crippen LogP contribution in [0, 0.1) is 14.9 Å². The fourth-order valence-electron chi connectivity index (χ4n) is 0.820. The molecule has 1 rings (SSSR count). The van der Waals surface area contributed by atoms with E-state index in [9.17, 15) is 0 Å². The summed E-state index contributed by atoms with van der Waals surface area (Å²) in [5, 5.41) is 8.39. The van der Waals surface area contributed by atoms with Crippen molar-refractivity contribution in [3.8, 4) is 6.07 Å². The molecule has 0 saturated carbocycles. The molecular formula is C8H9IN4. The van der Waals surface area contributed by atoms with Crippen LogP contribution in [-0.2, 0) is 0 Å². The van der Waals surface area contributed by atoms with E-state index in [0.29, 0.717) is 18.9 Å². The number of halogens is 1. The zero-order valence-corrected chi connectivity index (χ0v) is 9.39. The Labute approximate surface area is 90.7 Å². The van der Waals surface area contributed by atoms with Crippen molar-refractivity contribution in [1.29, 1.82) is 5.26 Å². The lowest BCUT2D eigenvalue weighted by Crippen LogP contribution is -2.20. The summed E-state index contributed by atoms with van der Waals surface area (Å²) < 4.78 is 1.01. The topological polar surface area (TPSA) is 52.8 Å². The molecule has 0 fully saturated rings. The average Bonchev–Trinajstić information content (AvgIpc) is 2.15. The third kappa shape index (κ3) is 3.14. The van der Waals surface area contributed by atoms with Crippen LogP contribution in [0.5, 0.6) is 0 Å². The summed E-state index contributed by atoms with van der Waals surface area (Å²) in [4.78, 5) is 10.1. The maximum atomic E-state index is 8.39. The van der Waals surface area contributed by atoms with Crippen molar-refractivity contribution in [3.63, 3.8) is 0 Å². The van der Waals surface area contributed by atoms with E-state index in [1.165, 1.54) is 0 Å². The molecule has 0 aliphatic carbocycles. The van der Waals surface area contributed by atoms with E-state index >= 15 is 0 Å². The van der Waals surface area contributed by atoms with Crippen LogP contribution in [0.15, 0.2) is 12.4 Å². The number of anilines is 1. The summed E-state index contributed by atoms with van der Waals surface area (Å²) in [6.07, 6.45) is 4.00. The Bertz CT molecular complexity index is 303. The number of hydrogen-bond donors (Lipinski definition) is 0. The van der Waals surface area contributed by atoms with Gasteiger partial charge in [-0.1, -0.05) is 0 Å². The van der Waals surface area contributed by atoms with Crippen molar-refractivity contribution in [3.05, 3.63) is 16.0 Å². The molecule has 4 nitrogen and oxygen atoms in total. The van der Waals surface area contributed by atoms with Gasteiger partial charge >= 0.3 is 0 Å². The lowest BCUT2D eigenvalue weighted by atomic mass is 10.4. The molecule has 0 bridgehead atoms. The van der Waals surface area contributed by atoms with Gasteiger partial charge in [0.2, 0.25) is 5.95 Å². The molecule has 1 aromatic heterocycles. The van der Waals surface area contributed by atoms with Crippen molar-refractivity contribution in [2.24, 2.45) is 0 Å². The minimum absolute atomic E-state index is 0.492. The van der Waals surface area contributed by atoms with E-state index in [-0.39, 0.29) is 0 Å². The van der Waals surface area contributed by atoms with Gasteiger partial charge in [-0.2, -0.15) is 5.26 Å². The summed E-state index contributed by atoms with van der Waals surface area (Å²) in [6, 6.07) is 2.08. The Morgan fingerprint density at radius 1 is 1.54 bits per heavy atom. The molecule has 0 saturated heterocycles. The van der Waals surface area contributed by atoms with Gasteiger partial charge in [0.15, 0.2) is 0 Å². The van der Waals surface area contributed by atoms with Gasteiger partial charge in [0.05, 0.1) is 12.5 Å². The van der Waals surface area contributed by atoms with E-state index < -0.39 is 0 Å². The van der Waals surface area contributed by atoms with E-state index in [1.54, 1.807) is 12.4 Å². The summed E-state index contributed by atoms with van der Waals surface area (Å²) >= 11 is 2.15. The fraction of sp³-hybridized carbons (Fsp3) is 0.375. The third-order valence-electron chi connectivity index (χ3n) is 1.51. The van der Waals surface area contributed by atoms with Gasteiger partial charge in [-0.25, -0.2) is 9.97 Å². The van der Waals surface area contributed by atoms with E-state index in [1.807, 2.05) is 11.9 Å². The molecule has 0 aliphatic rings. The Morgan fingerprint density at radius 2 is 2.15 bits per heavy atom. The first kappa shape index (κ1) is 10.2. The summed E-state index contributed by atoms with van der Waals surface area (Å²) in [7, 11) is 1.87. The Hall–Kier alpha value is -0.900. The highest BCUT2D eigenvalue weighted by Crippen LogP contribution is 2.06. The van der Waals surface area contributed by atoms with Crippen LogP contribution in [0.4, 0.5) is 5.95 Å². The molecule has 5 heteroatoms. The number of nitrogens with zero attached hydrogens (tertiary/aromatic N) is 4.